The standard InChI is InChI=1S/C20H22BrNO3/c1-24-17-8-7-14(11-18(17)25-2)19(23)22-13-20(9-4-10-20)15-5-3-6-16(21)12-15/h3,5-8,11-12H,4,9-10,13H2,1-2H3,(H,22,23). The maximum Gasteiger partial charge on any atom is 0.251 e. The number of carbonyl (C=O) groups excluding carboxylic acids is 1. The minimum absolute atomic E-state index is 0.0377. The highest BCUT2D eigenvalue weighted by Crippen LogP contribution is 2.43. The Morgan fingerprint density at radius 2 is 1.88 bits per heavy atom. The van der Waals surface area contributed by atoms with Crippen LogP contribution in [0.25, 0.3) is 0 Å². The number of amides is 1. The average Bonchev–Trinajstić information content (AvgIpc) is 2.60. The number of hydrogen-bond acceptors (Lipinski definition) is 3. The predicted octanol–water partition coefficient (Wildman–Crippen LogP) is 4.32. The van der Waals surface area contributed by atoms with E-state index in [0.717, 1.165) is 17.3 Å². The fourth-order valence-corrected chi connectivity index (χ4v) is 3.72. The largest absolute Gasteiger partial charge is 0.493 e. The molecule has 2 aromatic rings. The minimum atomic E-state index is -0.0952. The summed E-state index contributed by atoms with van der Waals surface area (Å²) in [7, 11) is 3.14. The SMILES string of the molecule is COc1ccc(C(=O)NCC2(c3cccc(Br)c3)CCC2)cc1OC. The van der Waals surface area contributed by atoms with E-state index in [2.05, 4.69) is 39.4 Å². The van der Waals surface area contributed by atoms with Gasteiger partial charge < -0.3 is 14.8 Å². The molecule has 0 aromatic heterocycles. The van der Waals surface area contributed by atoms with Crippen LogP contribution in [0.3, 0.4) is 0 Å². The molecule has 1 N–H and O–H groups in total. The van der Waals surface area contributed by atoms with E-state index in [1.54, 1.807) is 32.4 Å². The van der Waals surface area contributed by atoms with Gasteiger partial charge in [-0.2, -0.15) is 0 Å². The van der Waals surface area contributed by atoms with Crippen molar-refractivity contribution in [1.29, 1.82) is 0 Å². The van der Waals surface area contributed by atoms with Crippen molar-refractivity contribution >= 4 is 21.8 Å². The van der Waals surface area contributed by atoms with Crippen molar-refractivity contribution in [2.45, 2.75) is 24.7 Å². The van der Waals surface area contributed by atoms with Crippen molar-refractivity contribution in [3.8, 4) is 11.5 Å². The van der Waals surface area contributed by atoms with Gasteiger partial charge in [-0.05, 0) is 48.7 Å². The number of nitrogens with one attached hydrogen (secondary N) is 1. The van der Waals surface area contributed by atoms with Gasteiger partial charge in [0.25, 0.3) is 5.91 Å². The van der Waals surface area contributed by atoms with Gasteiger partial charge in [-0.3, -0.25) is 4.79 Å². The Morgan fingerprint density at radius 3 is 2.48 bits per heavy atom. The van der Waals surface area contributed by atoms with Crippen molar-refractivity contribution < 1.29 is 14.3 Å². The smallest absolute Gasteiger partial charge is 0.251 e. The molecule has 1 fully saturated rings. The first-order valence-electron chi connectivity index (χ1n) is 8.34. The highest BCUT2D eigenvalue weighted by molar-refractivity contribution is 9.10. The van der Waals surface area contributed by atoms with Gasteiger partial charge in [-0.1, -0.05) is 34.5 Å². The van der Waals surface area contributed by atoms with Gasteiger partial charge in [-0.15, -0.1) is 0 Å². The Labute approximate surface area is 156 Å². The topological polar surface area (TPSA) is 47.6 Å². The van der Waals surface area contributed by atoms with E-state index in [-0.39, 0.29) is 11.3 Å². The fraction of sp³-hybridized carbons (Fsp3) is 0.350. The molecule has 0 heterocycles. The lowest BCUT2D eigenvalue weighted by Gasteiger charge is -2.42. The van der Waals surface area contributed by atoms with E-state index < -0.39 is 0 Å². The van der Waals surface area contributed by atoms with E-state index in [9.17, 15) is 4.79 Å². The third kappa shape index (κ3) is 3.66. The van der Waals surface area contributed by atoms with Crippen LogP contribution in [0.15, 0.2) is 46.9 Å². The molecule has 4 nitrogen and oxygen atoms in total. The zero-order chi connectivity index (χ0) is 17.9. The molecule has 1 aliphatic rings. The lowest BCUT2D eigenvalue weighted by Crippen LogP contribution is -2.45. The van der Waals surface area contributed by atoms with Crippen molar-refractivity contribution in [1.82, 2.24) is 5.32 Å². The number of halogens is 1. The van der Waals surface area contributed by atoms with E-state index in [1.165, 1.54) is 12.0 Å². The summed E-state index contributed by atoms with van der Waals surface area (Å²) in [5.74, 6) is 1.08. The summed E-state index contributed by atoms with van der Waals surface area (Å²) in [5, 5.41) is 3.10. The van der Waals surface area contributed by atoms with Gasteiger partial charge in [0, 0.05) is 22.0 Å². The van der Waals surface area contributed by atoms with Crippen molar-refractivity contribution in [2.24, 2.45) is 0 Å². The van der Waals surface area contributed by atoms with Crippen LogP contribution in [0.5, 0.6) is 11.5 Å². The molecule has 0 unspecified atom stereocenters. The van der Waals surface area contributed by atoms with Gasteiger partial charge in [-0.25, -0.2) is 0 Å². The summed E-state index contributed by atoms with van der Waals surface area (Å²) >= 11 is 3.54. The van der Waals surface area contributed by atoms with Crippen molar-refractivity contribution in [2.75, 3.05) is 20.8 Å². The van der Waals surface area contributed by atoms with E-state index >= 15 is 0 Å². The molecule has 5 heteroatoms. The molecule has 0 atom stereocenters. The number of carbonyl (C=O) groups is 1. The molecule has 25 heavy (non-hydrogen) atoms. The maximum atomic E-state index is 12.6. The van der Waals surface area contributed by atoms with Gasteiger partial charge in [0.2, 0.25) is 0 Å². The molecule has 0 radical (unpaired) electrons. The van der Waals surface area contributed by atoms with E-state index in [4.69, 9.17) is 9.47 Å². The Kier molecular flexibility index (Phi) is 5.33. The summed E-state index contributed by atoms with van der Waals surface area (Å²) in [5.41, 5.74) is 1.89. The van der Waals surface area contributed by atoms with Crippen LogP contribution in [-0.4, -0.2) is 26.7 Å². The van der Waals surface area contributed by atoms with E-state index in [1.807, 2.05) is 6.07 Å². The summed E-state index contributed by atoms with van der Waals surface area (Å²) in [6, 6.07) is 13.6. The average molecular weight is 404 g/mol. The molecule has 132 valence electrons. The molecular formula is C20H22BrNO3. The second-order valence-electron chi connectivity index (χ2n) is 6.40. The van der Waals surface area contributed by atoms with Crippen LogP contribution < -0.4 is 14.8 Å². The molecule has 3 rings (SSSR count). The quantitative estimate of drug-likeness (QED) is 0.780. The lowest BCUT2D eigenvalue weighted by molar-refractivity contribution is 0.0927. The first-order chi connectivity index (χ1) is 12.1. The van der Waals surface area contributed by atoms with E-state index in [0.29, 0.717) is 23.6 Å². The summed E-state index contributed by atoms with van der Waals surface area (Å²) in [4.78, 5) is 12.6. The van der Waals surface area contributed by atoms with Crippen LogP contribution in [0.4, 0.5) is 0 Å². The van der Waals surface area contributed by atoms with Crippen molar-refractivity contribution in [3.05, 3.63) is 58.1 Å². The Bertz CT molecular complexity index is 771. The molecule has 2 aromatic carbocycles. The number of rotatable bonds is 6. The summed E-state index contributed by atoms with van der Waals surface area (Å²) in [6.07, 6.45) is 3.38. The molecule has 0 bridgehead atoms. The number of hydrogen-bond donors (Lipinski definition) is 1. The van der Waals surface area contributed by atoms with Crippen LogP contribution in [0.1, 0.15) is 35.2 Å². The zero-order valence-corrected chi connectivity index (χ0v) is 16.1. The number of benzene rings is 2. The predicted molar refractivity (Wildman–Crippen MR) is 102 cm³/mol. The molecular weight excluding hydrogens is 382 g/mol. The molecule has 1 amide bonds. The molecule has 1 aliphatic carbocycles. The third-order valence-corrected chi connectivity index (χ3v) is 5.47. The normalized spacial score (nSPS) is 15.2. The Hall–Kier alpha value is -2.01. The maximum absolute atomic E-state index is 12.6. The van der Waals surface area contributed by atoms with Crippen LogP contribution >= 0.6 is 15.9 Å². The first kappa shape index (κ1) is 17.8. The Balaban J connectivity index is 1.73. The summed E-state index contributed by atoms with van der Waals surface area (Å²) in [6.45, 7) is 0.636. The van der Waals surface area contributed by atoms with Gasteiger partial charge in [0.1, 0.15) is 0 Å². The minimum Gasteiger partial charge on any atom is -0.493 e. The first-order valence-corrected chi connectivity index (χ1v) is 9.13. The number of methoxy groups -OCH3 is 2. The molecule has 0 aliphatic heterocycles. The highest BCUT2D eigenvalue weighted by Gasteiger charge is 2.39. The van der Waals surface area contributed by atoms with Crippen LogP contribution in [0.2, 0.25) is 0 Å². The van der Waals surface area contributed by atoms with Gasteiger partial charge in [0.05, 0.1) is 14.2 Å². The van der Waals surface area contributed by atoms with Crippen molar-refractivity contribution in [3.63, 3.8) is 0 Å². The zero-order valence-electron chi connectivity index (χ0n) is 14.5. The van der Waals surface area contributed by atoms with Crippen LogP contribution in [0, 0.1) is 0 Å². The second kappa shape index (κ2) is 7.48. The second-order valence-corrected chi connectivity index (χ2v) is 7.31. The summed E-state index contributed by atoms with van der Waals surface area (Å²) < 4.78 is 11.6. The monoisotopic (exact) mass is 403 g/mol. The number of ether oxygens (including phenoxy) is 2. The fourth-order valence-electron chi connectivity index (χ4n) is 3.32. The Morgan fingerprint density at radius 1 is 1.12 bits per heavy atom. The molecule has 0 spiro atoms. The highest BCUT2D eigenvalue weighted by atomic mass is 79.9. The third-order valence-electron chi connectivity index (χ3n) is 4.98. The lowest BCUT2D eigenvalue weighted by atomic mass is 9.64. The van der Waals surface area contributed by atoms with Gasteiger partial charge >= 0.3 is 0 Å². The van der Waals surface area contributed by atoms with Gasteiger partial charge in [0.15, 0.2) is 11.5 Å². The molecule has 1 saturated carbocycles. The molecule has 0 saturated heterocycles. The van der Waals surface area contributed by atoms with Crippen LogP contribution in [-0.2, 0) is 5.41 Å².